The average molecular weight is 525 g/mol. The summed E-state index contributed by atoms with van der Waals surface area (Å²) in [6, 6.07) is 22.9. The highest BCUT2D eigenvalue weighted by atomic mass is 16.5. The van der Waals surface area contributed by atoms with Crippen molar-refractivity contribution in [2.24, 2.45) is 5.10 Å². The Morgan fingerprint density at radius 3 is 2.46 bits per heavy atom. The van der Waals surface area contributed by atoms with E-state index in [-0.39, 0.29) is 24.9 Å². The Morgan fingerprint density at radius 2 is 1.72 bits per heavy atom. The van der Waals surface area contributed by atoms with Crippen LogP contribution in [-0.4, -0.2) is 34.3 Å². The number of aryl methyl sites for hydroxylation is 2. The Morgan fingerprint density at radius 1 is 0.974 bits per heavy atom. The van der Waals surface area contributed by atoms with E-state index < -0.39 is 5.91 Å². The number of furan rings is 1. The van der Waals surface area contributed by atoms with E-state index in [1.807, 2.05) is 48.5 Å². The third-order valence-corrected chi connectivity index (χ3v) is 6.35. The van der Waals surface area contributed by atoms with Crippen molar-refractivity contribution in [1.29, 1.82) is 0 Å². The van der Waals surface area contributed by atoms with Crippen LogP contribution < -0.4 is 10.2 Å². The number of esters is 1. The van der Waals surface area contributed by atoms with E-state index in [1.165, 1.54) is 13.3 Å². The molecular weight excluding hydrogens is 496 g/mol. The number of carbonyl (C=O) groups is 2. The maximum Gasteiger partial charge on any atom is 0.325 e. The minimum absolute atomic E-state index is 0.0745. The molecule has 0 spiro atoms. The van der Waals surface area contributed by atoms with Crippen molar-refractivity contribution >= 4 is 29.0 Å². The molecule has 0 radical (unpaired) electrons. The molecule has 0 unspecified atom stereocenters. The predicted molar refractivity (Wildman–Crippen MR) is 147 cm³/mol. The number of para-hydroxylation sites is 1. The Hall–Kier alpha value is -5.05. The molecule has 5 rings (SSSR count). The molecule has 0 aliphatic rings. The molecule has 0 fully saturated rings. The highest BCUT2D eigenvalue weighted by molar-refractivity contribution is 6.00. The molecule has 3 aromatic heterocycles. The molecule has 39 heavy (non-hydrogen) atoms. The molecule has 1 N–H and O–H groups in total. The van der Waals surface area contributed by atoms with Gasteiger partial charge in [0.15, 0.2) is 5.76 Å². The topological polar surface area (TPSA) is 100.0 Å². The lowest BCUT2D eigenvalue weighted by Crippen LogP contribution is -2.16. The summed E-state index contributed by atoms with van der Waals surface area (Å²) in [5.74, 6) is 0.477. The number of amides is 1. The summed E-state index contributed by atoms with van der Waals surface area (Å²) in [5, 5.41) is 4.97. The number of fused-ring (bicyclic) bond motifs is 1. The molecule has 0 saturated carbocycles. The van der Waals surface area contributed by atoms with E-state index >= 15 is 0 Å². The molecular formula is C30H28N4O5. The van der Waals surface area contributed by atoms with Crippen molar-refractivity contribution in [1.82, 2.24) is 14.6 Å². The van der Waals surface area contributed by atoms with Crippen molar-refractivity contribution in [2.75, 3.05) is 7.11 Å². The second kappa shape index (κ2) is 11.1. The number of carbonyl (C=O) groups excluding carboxylic acids is 2. The van der Waals surface area contributed by atoms with E-state index in [0.717, 1.165) is 33.5 Å². The van der Waals surface area contributed by atoms with Crippen molar-refractivity contribution in [3.63, 3.8) is 0 Å². The zero-order valence-electron chi connectivity index (χ0n) is 21.9. The Kier molecular flexibility index (Phi) is 7.31. The number of hydrazone groups is 1. The Labute approximate surface area is 225 Å². The van der Waals surface area contributed by atoms with E-state index in [0.29, 0.717) is 11.5 Å². The van der Waals surface area contributed by atoms with Crippen molar-refractivity contribution in [3.05, 3.63) is 107 Å². The van der Waals surface area contributed by atoms with Crippen molar-refractivity contribution in [3.8, 4) is 11.4 Å². The lowest BCUT2D eigenvalue weighted by molar-refractivity contribution is -0.141. The molecule has 0 saturated heterocycles. The van der Waals surface area contributed by atoms with E-state index in [2.05, 4.69) is 41.1 Å². The standard InChI is InChI=1S/C30H28N4O5/c1-20-8-9-21(2)34(20)23-10-12-24(13-11-23)38-19-25-14-15-28(39-25)30(36)32-31-16-22-17-33(18-29(35)37-3)27-7-5-4-6-26(22)27/h4-17H,18-19H2,1-3H3,(H,32,36)/b31-16+. The van der Waals surface area contributed by atoms with Crippen LogP contribution in [0.1, 0.15) is 33.3 Å². The number of hydrogen-bond acceptors (Lipinski definition) is 6. The van der Waals surface area contributed by atoms with Gasteiger partial charge in [-0.3, -0.25) is 9.59 Å². The zero-order chi connectivity index (χ0) is 27.4. The van der Waals surface area contributed by atoms with Gasteiger partial charge in [0.2, 0.25) is 0 Å². The van der Waals surface area contributed by atoms with Crippen molar-refractivity contribution < 1.29 is 23.5 Å². The summed E-state index contributed by atoms with van der Waals surface area (Å²) in [7, 11) is 1.35. The van der Waals surface area contributed by atoms with Crippen LogP contribution in [0.5, 0.6) is 5.75 Å². The van der Waals surface area contributed by atoms with Gasteiger partial charge in [0.05, 0.1) is 13.3 Å². The summed E-state index contributed by atoms with van der Waals surface area (Å²) in [6.45, 7) is 4.39. The number of ether oxygens (including phenoxy) is 2. The van der Waals surface area contributed by atoms with Crippen LogP contribution in [0.4, 0.5) is 0 Å². The SMILES string of the molecule is COC(=O)Cn1cc(/C=N/NC(=O)c2ccc(COc3ccc(-n4c(C)ccc4C)cc3)o2)c2ccccc21. The minimum atomic E-state index is -0.488. The third kappa shape index (κ3) is 5.62. The van der Waals surface area contributed by atoms with E-state index in [1.54, 1.807) is 22.9 Å². The van der Waals surface area contributed by atoms with Crippen LogP contribution in [0.25, 0.3) is 16.6 Å². The first-order valence-electron chi connectivity index (χ1n) is 12.4. The van der Waals surface area contributed by atoms with Crippen LogP contribution in [0.15, 0.2) is 88.5 Å². The van der Waals surface area contributed by atoms with Gasteiger partial charge in [-0.2, -0.15) is 5.10 Å². The summed E-state index contributed by atoms with van der Waals surface area (Å²) < 4.78 is 20.2. The van der Waals surface area contributed by atoms with Gasteiger partial charge in [-0.05, 0) is 68.4 Å². The van der Waals surface area contributed by atoms with Crippen LogP contribution in [0.2, 0.25) is 0 Å². The summed E-state index contributed by atoms with van der Waals surface area (Å²) in [4.78, 5) is 24.3. The van der Waals surface area contributed by atoms with Crippen LogP contribution >= 0.6 is 0 Å². The van der Waals surface area contributed by atoms with Gasteiger partial charge in [-0.15, -0.1) is 0 Å². The third-order valence-electron chi connectivity index (χ3n) is 6.35. The fourth-order valence-corrected chi connectivity index (χ4v) is 4.43. The van der Waals surface area contributed by atoms with Gasteiger partial charge in [0.25, 0.3) is 0 Å². The van der Waals surface area contributed by atoms with Gasteiger partial charge in [0, 0.05) is 39.7 Å². The minimum Gasteiger partial charge on any atom is -0.486 e. The summed E-state index contributed by atoms with van der Waals surface area (Å²) in [5.41, 5.74) is 7.48. The highest BCUT2D eigenvalue weighted by Gasteiger charge is 2.13. The number of nitrogens with one attached hydrogen (secondary N) is 1. The number of benzene rings is 2. The first-order valence-corrected chi connectivity index (χ1v) is 12.4. The van der Waals surface area contributed by atoms with Gasteiger partial charge < -0.3 is 23.0 Å². The second-order valence-corrected chi connectivity index (χ2v) is 9.00. The van der Waals surface area contributed by atoms with Crippen LogP contribution in [0, 0.1) is 13.8 Å². The molecule has 5 aromatic rings. The Bertz CT molecular complexity index is 1640. The number of nitrogens with zero attached hydrogens (tertiary/aromatic N) is 3. The maximum absolute atomic E-state index is 12.6. The number of methoxy groups -OCH3 is 1. The van der Waals surface area contributed by atoms with Gasteiger partial charge in [0.1, 0.15) is 24.7 Å². The molecule has 9 nitrogen and oxygen atoms in total. The smallest absolute Gasteiger partial charge is 0.325 e. The number of aromatic nitrogens is 2. The average Bonchev–Trinajstić information content (AvgIpc) is 3.65. The fraction of sp³-hybridized carbons (Fsp3) is 0.167. The van der Waals surface area contributed by atoms with E-state index in [9.17, 15) is 9.59 Å². The number of rotatable bonds is 9. The van der Waals surface area contributed by atoms with Crippen LogP contribution in [-0.2, 0) is 22.7 Å². The molecule has 0 aliphatic carbocycles. The first kappa shape index (κ1) is 25.6. The molecule has 198 valence electrons. The molecule has 1 amide bonds. The largest absolute Gasteiger partial charge is 0.486 e. The quantitative estimate of drug-likeness (QED) is 0.163. The number of hydrogen-bond donors (Lipinski definition) is 1. The first-order chi connectivity index (χ1) is 18.9. The second-order valence-electron chi connectivity index (χ2n) is 9.00. The molecule has 2 aromatic carbocycles. The Balaban J connectivity index is 1.18. The lowest BCUT2D eigenvalue weighted by atomic mass is 10.2. The molecule has 0 atom stereocenters. The normalized spacial score (nSPS) is 11.3. The lowest BCUT2D eigenvalue weighted by Gasteiger charge is -2.10. The molecule has 9 heteroatoms. The van der Waals surface area contributed by atoms with Gasteiger partial charge >= 0.3 is 11.9 Å². The molecule has 0 aliphatic heterocycles. The van der Waals surface area contributed by atoms with Gasteiger partial charge in [-0.1, -0.05) is 18.2 Å². The maximum atomic E-state index is 12.6. The van der Waals surface area contributed by atoms with E-state index in [4.69, 9.17) is 13.9 Å². The molecule has 0 bridgehead atoms. The highest BCUT2D eigenvalue weighted by Crippen LogP contribution is 2.22. The summed E-state index contributed by atoms with van der Waals surface area (Å²) >= 11 is 0. The zero-order valence-corrected chi connectivity index (χ0v) is 21.9. The van der Waals surface area contributed by atoms with Gasteiger partial charge in [-0.25, -0.2) is 5.43 Å². The van der Waals surface area contributed by atoms with Crippen LogP contribution in [0.3, 0.4) is 0 Å². The molecule has 3 heterocycles. The summed E-state index contributed by atoms with van der Waals surface area (Å²) in [6.07, 6.45) is 3.31. The monoisotopic (exact) mass is 524 g/mol. The fourth-order valence-electron chi connectivity index (χ4n) is 4.43. The van der Waals surface area contributed by atoms with Crippen molar-refractivity contribution in [2.45, 2.75) is 27.0 Å². The predicted octanol–water partition coefficient (Wildman–Crippen LogP) is 5.16.